The number of carbonyl (C=O) groups is 1. The summed E-state index contributed by atoms with van der Waals surface area (Å²) in [6.45, 7) is 17.3. The van der Waals surface area contributed by atoms with Gasteiger partial charge in [-0.1, -0.05) is 78.5 Å². The van der Waals surface area contributed by atoms with E-state index >= 15 is 0 Å². The normalized spacial score (nSPS) is 16.8. The quantitative estimate of drug-likeness (QED) is 0.573. The van der Waals surface area contributed by atoms with Crippen molar-refractivity contribution in [2.75, 3.05) is 7.11 Å². The van der Waals surface area contributed by atoms with Crippen LogP contribution < -0.4 is 0 Å². The zero-order valence-corrected chi connectivity index (χ0v) is 16.5. The topological polar surface area (TPSA) is 26.3 Å². The summed E-state index contributed by atoms with van der Waals surface area (Å²) in [5, 5.41) is 0. The van der Waals surface area contributed by atoms with Crippen molar-refractivity contribution < 1.29 is 9.53 Å². The fourth-order valence-electron chi connectivity index (χ4n) is 3.98. The van der Waals surface area contributed by atoms with E-state index in [-0.39, 0.29) is 22.2 Å². The van der Waals surface area contributed by atoms with E-state index in [1.54, 1.807) is 0 Å². The van der Waals surface area contributed by atoms with E-state index in [1.807, 2.05) is 6.08 Å². The number of ether oxygens (including phenoxy) is 1. The molecular weight excluding hydrogens is 296 g/mol. The first kappa shape index (κ1) is 20.5. The van der Waals surface area contributed by atoms with Gasteiger partial charge >= 0.3 is 5.97 Å². The second kappa shape index (κ2) is 7.55. The summed E-state index contributed by atoms with van der Waals surface area (Å²) in [5.41, 5.74) is 2.20. The molecule has 0 fully saturated rings. The minimum atomic E-state index is -0.192. The largest absolute Gasteiger partial charge is 0.469 e. The first-order chi connectivity index (χ1) is 11.0. The number of hydrogen-bond acceptors (Lipinski definition) is 2. The van der Waals surface area contributed by atoms with Crippen LogP contribution in [0.3, 0.4) is 0 Å². The average molecular weight is 331 g/mol. The van der Waals surface area contributed by atoms with Gasteiger partial charge in [0.25, 0.3) is 0 Å². The molecule has 1 rings (SSSR count). The first-order valence-electron chi connectivity index (χ1n) is 8.81. The molecule has 24 heavy (non-hydrogen) atoms. The highest BCUT2D eigenvalue weighted by Gasteiger charge is 2.47. The number of esters is 1. The van der Waals surface area contributed by atoms with Gasteiger partial charge in [-0.3, -0.25) is 4.79 Å². The molecule has 0 spiro atoms. The maximum absolute atomic E-state index is 12.2. The summed E-state index contributed by atoms with van der Waals surface area (Å²) in [6, 6.07) is 8.56. The number of hydrogen-bond donors (Lipinski definition) is 0. The molecule has 0 saturated carbocycles. The summed E-state index contributed by atoms with van der Waals surface area (Å²) < 4.78 is 5.02. The molecule has 0 aliphatic heterocycles. The van der Waals surface area contributed by atoms with E-state index < -0.39 is 0 Å². The molecule has 0 N–H and O–H groups in total. The van der Waals surface area contributed by atoms with E-state index in [9.17, 15) is 4.79 Å². The summed E-state index contributed by atoms with van der Waals surface area (Å²) in [4.78, 5) is 12.2. The molecular formula is C22H34O2. The Kier molecular flexibility index (Phi) is 6.44. The summed E-state index contributed by atoms with van der Waals surface area (Å²) >= 11 is 0. The van der Waals surface area contributed by atoms with E-state index in [4.69, 9.17) is 4.74 Å². The van der Waals surface area contributed by atoms with E-state index in [2.05, 4.69) is 72.4 Å². The maximum Gasteiger partial charge on any atom is 0.306 e. The van der Waals surface area contributed by atoms with Gasteiger partial charge < -0.3 is 4.74 Å². The van der Waals surface area contributed by atoms with Crippen molar-refractivity contribution in [3.63, 3.8) is 0 Å². The van der Waals surface area contributed by atoms with Crippen LogP contribution in [0, 0.1) is 10.8 Å². The smallest absolute Gasteiger partial charge is 0.306 e. The number of benzene rings is 1. The number of methoxy groups -OCH3 is 1. The predicted molar refractivity (Wildman–Crippen MR) is 103 cm³/mol. The molecule has 1 aromatic rings. The van der Waals surface area contributed by atoms with E-state index in [0.717, 1.165) is 18.4 Å². The molecule has 2 unspecified atom stereocenters. The molecule has 0 aliphatic carbocycles. The minimum absolute atomic E-state index is 0.117. The van der Waals surface area contributed by atoms with Gasteiger partial charge in [0.05, 0.1) is 13.5 Å². The van der Waals surface area contributed by atoms with Gasteiger partial charge in [0.1, 0.15) is 0 Å². The molecule has 0 amide bonds. The number of carbonyl (C=O) groups excluding carboxylic acids is 1. The standard InChI is InChI=1S/C22H34O2/c1-9-17-11-13-18(14-12-17)22(7,10-2)21(6,15-19(23)24-8)16-20(3,4)5/h9,11-14H,1,10,15-16H2,2-8H3. The van der Waals surface area contributed by atoms with Gasteiger partial charge in [-0.15, -0.1) is 0 Å². The Labute approximate surface area is 148 Å². The van der Waals surface area contributed by atoms with Crippen LogP contribution in [0.25, 0.3) is 6.08 Å². The highest BCUT2D eigenvalue weighted by molar-refractivity contribution is 5.70. The van der Waals surface area contributed by atoms with Crippen LogP contribution in [-0.2, 0) is 14.9 Å². The number of rotatable bonds is 7. The fourth-order valence-corrected chi connectivity index (χ4v) is 3.98. The molecule has 0 bridgehead atoms. The lowest BCUT2D eigenvalue weighted by Crippen LogP contribution is -2.45. The van der Waals surface area contributed by atoms with Crippen molar-refractivity contribution >= 4 is 12.0 Å². The summed E-state index contributed by atoms with van der Waals surface area (Å²) in [6.07, 6.45) is 4.19. The molecule has 0 radical (unpaired) electrons. The lowest BCUT2D eigenvalue weighted by Gasteiger charge is -2.49. The Morgan fingerprint density at radius 3 is 2.04 bits per heavy atom. The van der Waals surface area contributed by atoms with Gasteiger partial charge in [0.2, 0.25) is 0 Å². The molecule has 134 valence electrons. The van der Waals surface area contributed by atoms with Gasteiger partial charge in [-0.25, -0.2) is 0 Å². The highest BCUT2D eigenvalue weighted by Crippen LogP contribution is 2.52. The molecule has 0 aromatic heterocycles. The van der Waals surface area contributed by atoms with Crippen molar-refractivity contribution in [2.45, 2.75) is 66.2 Å². The Morgan fingerprint density at radius 2 is 1.67 bits per heavy atom. The molecule has 2 heteroatoms. The fraction of sp³-hybridized carbons (Fsp3) is 0.591. The third-order valence-electron chi connectivity index (χ3n) is 5.51. The zero-order chi connectivity index (χ0) is 18.6. The molecule has 2 atom stereocenters. The van der Waals surface area contributed by atoms with Crippen molar-refractivity contribution in [1.82, 2.24) is 0 Å². The van der Waals surface area contributed by atoms with Crippen LogP contribution in [0.4, 0.5) is 0 Å². The lowest BCUT2D eigenvalue weighted by molar-refractivity contribution is -0.145. The van der Waals surface area contributed by atoms with Crippen LogP contribution in [0.2, 0.25) is 0 Å². The summed E-state index contributed by atoms with van der Waals surface area (Å²) in [5.74, 6) is -0.135. The molecule has 0 heterocycles. The Morgan fingerprint density at radius 1 is 1.12 bits per heavy atom. The van der Waals surface area contributed by atoms with Gasteiger partial charge in [0, 0.05) is 0 Å². The van der Waals surface area contributed by atoms with E-state index in [1.165, 1.54) is 12.7 Å². The Hall–Kier alpha value is -1.57. The van der Waals surface area contributed by atoms with Crippen molar-refractivity contribution in [3.8, 4) is 0 Å². The highest BCUT2D eigenvalue weighted by atomic mass is 16.5. The Bertz CT molecular complexity index is 565. The van der Waals surface area contributed by atoms with Gasteiger partial charge in [-0.05, 0) is 40.2 Å². The summed E-state index contributed by atoms with van der Waals surface area (Å²) in [7, 11) is 1.47. The van der Waals surface area contributed by atoms with Gasteiger partial charge in [0.15, 0.2) is 0 Å². The zero-order valence-electron chi connectivity index (χ0n) is 16.5. The van der Waals surface area contributed by atoms with Gasteiger partial charge in [-0.2, -0.15) is 0 Å². The Balaban J connectivity index is 3.41. The van der Waals surface area contributed by atoms with Crippen molar-refractivity contribution in [1.29, 1.82) is 0 Å². The van der Waals surface area contributed by atoms with Crippen LogP contribution in [0.15, 0.2) is 30.8 Å². The van der Waals surface area contributed by atoms with Crippen molar-refractivity contribution in [3.05, 3.63) is 42.0 Å². The molecule has 0 aliphatic rings. The average Bonchev–Trinajstić information content (AvgIpc) is 2.52. The third-order valence-corrected chi connectivity index (χ3v) is 5.51. The van der Waals surface area contributed by atoms with Crippen LogP contribution in [-0.4, -0.2) is 13.1 Å². The minimum Gasteiger partial charge on any atom is -0.469 e. The molecule has 0 saturated heterocycles. The molecule has 1 aromatic carbocycles. The maximum atomic E-state index is 12.2. The molecule has 2 nitrogen and oxygen atoms in total. The second-order valence-corrected chi connectivity index (χ2v) is 8.56. The van der Waals surface area contributed by atoms with Crippen LogP contribution in [0.5, 0.6) is 0 Å². The lowest BCUT2D eigenvalue weighted by atomic mass is 9.54. The monoisotopic (exact) mass is 330 g/mol. The third kappa shape index (κ3) is 4.49. The second-order valence-electron chi connectivity index (χ2n) is 8.56. The van der Waals surface area contributed by atoms with Crippen LogP contribution >= 0.6 is 0 Å². The van der Waals surface area contributed by atoms with Crippen molar-refractivity contribution in [2.24, 2.45) is 10.8 Å². The van der Waals surface area contributed by atoms with E-state index in [0.29, 0.717) is 6.42 Å². The SMILES string of the molecule is C=Cc1ccc(C(C)(CC)C(C)(CC(=O)OC)CC(C)(C)C)cc1. The predicted octanol–water partition coefficient (Wildman–Crippen LogP) is 6.00. The first-order valence-corrected chi connectivity index (χ1v) is 8.81. The van der Waals surface area contributed by atoms with Crippen LogP contribution in [0.1, 0.15) is 71.9 Å².